The Morgan fingerprint density at radius 3 is 2.18 bits per heavy atom. The number of carboxylic acid groups (broad SMARTS) is 1. The second kappa shape index (κ2) is 7.43. The Bertz CT molecular complexity index is 518. The highest BCUT2D eigenvalue weighted by Crippen LogP contribution is 2.37. The van der Waals surface area contributed by atoms with Gasteiger partial charge in [0.2, 0.25) is 0 Å². The Labute approximate surface area is 132 Å². The molecule has 0 unspecified atom stereocenters. The molecular weight excluding hydrogens is 278 g/mol. The zero-order valence-corrected chi connectivity index (χ0v) is 13.3. The molecule has 4 heteroatoms. The van der Waals surface area contributed by atoms with Crippen molar-refractivity contribution >= 4 is 17.6 Å². The number of carbonyl (C=O) groups excluding carboxylic acids is 1. The Hall–Kier alpha value is -1.84. The maximum absolute atomic E-state index is 11.8. The molecular formula is C18H24NO3. The van der Waals surface area contributed by atoms with Gasteiger partial charge in [-0.2, -0.15) is 0 Å². The highest BCUT2D eigenvalue weighted by atomic mass is 16.4. The molecule has 119 valence electrons. The summed E-state index contributed by atoms with van der Waals surface area (Å²) >= 11 is 0. The molecule has 1 fully saturated rings. The van der Waals surface area contributed by atoms with Crippen molar-refractivity contribution in [3.05, 3.63) is 35.9 Å². The minimum Gasteiger partial charge on any atom is -0.465 e. The van der Waals surface area contributed by atoms with E-state index < -0.39 is 6.09 Å². The summed E-state index contributed by atoms with van der Waals surface area (Å²) in [7, 11) is 0. The summed E-state index contributed by atoms with van der Waals surface area (Å²) in [6, 6.07) is 7.82. The molecule has 1 aliphatic rings. The van der Waals surface area contributed by atoms with E-state index >= 15 is 0 Å². The van der Waals surface area contributed by atoms with Crippen molar-refractivity contribution in [3.63, 3.8) is 0 Å². The van der Waals surface area contributed by atoms with Crippen molar-refractivity contribution < 1.29 is 14.7 Å². The second-order valence-corrected chi connectivity index (χ2v) is 5.90. The zero-order valence-electron chi connectivity index (χ0n) is 13.3. The van der Waals surface area contributed by atoms with Gasteiger partial charge in [-0.25, -0.2) is 4.79 Å². The summed E-state index contributed by atoms with van der Waals surface area (Å²) in [5, 5.41) is 9.68. The first-order valence-corrected chi connectivity index (χ1v) is 8.04. The van der Waals surface area contributed by atoms with Crippen LogP contribution >= 0.6 is 0 Å². The van der Waals surface area contributed by atoms with Gasteiger partial charge >= 0.3 is 6.09 Å². The Balaban J connectivity index is 2.27. The molecule has 0 aliphatic heterocycles. The van der Waals surface area contributed by atoms with E-state index in [4.69, 9.17) is 0 Å². The highest BCUT2D eigenvalue weighted by molar-refractivity contribution is 5.95. The summed E-state index contributed by atoms with van der Waals surface area (Å²) in [4.78, 5) is 24.6. The SMILES string of the molecule is CC[C](C1CCCCC1)N(C(=O)O)c1ccc(C(C)=O)cc1. The highest BCUT2D eigenvalue weighted by Gasteiger charge is 2.32. The molecule has 0 bridgehead atoms. The number of amides is 1. The van der Waals surface area contributed by atoms with E-state index in [0.717, 1.165) is 25.3 Å². The van der Waals surface area contributed by atoms with Gasteiger partial charge in [0.25, 0.3) is 0 Å². The van der Waals surface area contributed by atoms with Crippen LogP contribution in [0.2, 0.25) is 0 Å². The van der Waals surface area contributed by atoms with Gasteiger partial charge < -0.3 is 5.11 Å². The Morgan fingerprint density at radius 2 is 1.73 bits per heavy atom. The van der Waals surface area contributed by atoms with E-state index in [1.165, 1.54) is 31.1 Å². The van der Waals surface area contributed by atoms with Crippen molar-refractivity contribution in [2.75, 3.05) is 4.90 Å². The van der Waals surface area contributed by atoms with Crippen molar-refractivity contribution in [1.82, 2.24) is 0 Å². The second-order valence-electron chi connectivity index (χ2n) is 5.90. The van der Waals surface area contributed by atoms with Crippen molar-refractivity contribution in [2.45, 2.75) is 52.4 Å². The number of hydrogen-bond acceptors (Lipinski definition) is 2. The fourth-order valence-electron chi connectivity index (χ4n) is 3.31. The first-order valence-electron chi connectivity index (χ1n) is 8.04. The summed E-state index contributed by atoms with van der Waals surface area (Å²) in [6.45, 7) is 3.53. The number of anilines is 1. The average Bonchev–Trinajstić information content (AvgIpc) is 2.53. The van der Waals surface area contributed by atoms with E-state index in [1.54, 1.807) is 24.3 Å². The van der Waals surface area contributed by atoms with Crippen LogP contribution < -0.4 is 4.90 Å². The number of carbonyl (C=O) groups is 2. The lowest BCUT2D eigenvalue weighted by molar-refractivity contribution is 0.101. The predicted molar refractivity (Wildman–Crippen MR) is 87.1 cm³/mol. The molecule has 0 spiro atoms. The van der Waals surface area contributed by atoms with E-state index in [9.17, 15) is 14.7 Å². The molecule has 1 aliphatic carbocycles. The topological polar surface area (TPSA) is 57.6 Å². The molecule has 0 aromatic heterocycles. The van der Waals surface area contributed by atoms with Crippen LogP contribution in [0.5, 0.6) is 0 Å². The summed E-state index contributed by atoms with van der Waals surface area (Å²) < 4.78 is 0. The van der Waals surface area contributed by atoms with E-state index in [-0.39, 0.29) is 5.78 Å². The Kier molecular flexibility index (Phi) is 5.58. The van der Waals surface area contributed by atoms with Crippen LogP contribution in [0.1, 0.15) is 62.7 Å². The third-order valence-corrected chi connectivity index (χ3v) is 4.45. The number of nitrogens with zero attached hydrogens (tertiary/aromatic N) is 1. The van der Waals surface area contributed by atoms with Crippen LogP contribution in [0, 0.1) is 12.0 Å². The van der Waals surface area contributed by atoms with Gasteiger partial charge in [-0.3, -0.25) is 9.69 Å². The van der Waals surface area contributed by atoms with Crippen LogP contribution in [0.25, 0.3) is 0 Å². The standard InChI is InChI=1S/C18H24NO3/c1-3-17(15-7-5-4-6-8-15)19(18(21)22)16-11-9-14(10-12-16)13(2)20/h9-12,15H,3-8H2,1-2H3,(H,21,22). The van der Waals surface area contributed by atoms with Crippen LogP contribution in [-0.2, 0) is 0 Å². The van der Waals surface area contributed by atoms with Crippen LogP contribution in [0.3, 0.4) is 0 Å². The van der Waals surface area contributed by atoms with Crippen molar-refractivity contribution in [1.29, 1.82) is 0 Å². The third-order valence-electron chi connectivity index (χ3n) is 4.45. The predicted octanol–water partition coefficient (Wildman–Crippen LogP) is 4.90. The zero-order chi connectivity index (χ0) is 16.1. The average molecular weight is 302 g/mol. The number of rotatable bonds is 5. The molecule has 1 saturated carbocycles. The van der Waals surface area contributed by atoms with Gasteiger partial charge in [-0.05, 0) is 56.4 Å². The lowest BCUT2D eigenvalue weighted by Gasteiger charge is -2.36. The van der Waals surface area contributed by atoms with Crippen molar-refractivity contribution in [3.8, 4) is 0 Å². The molecule has 0 atom stereocenters. The van der Waals surface area contributed by atoms with E-state index in [1.807, 2.05) is 6.92 Å². The van der Waals surface area contributed by atoms with Gasteiger partial charge in [-0.1, -0.05) is 26.2 Å². The van der Waals surface area contributed by atoms with Gasteiger partial charge in [0.05, 0.1) is 6.04 Å². The monoisotopic (exact) mass is 302 g/mol. The number of benzene rings is 1. The molecule has 1 N–H and O–H groups in total. The minimum atomic E-state index is -0.946. The van der Waals surface area contributed by atoms with Crippen LogP contribution in [0.15, 0.2) is 24.3 Å². The number of hydrogen-bond donors (Lipinski definition) is 1. The molecule has 2 rings (SSSR count). The first-order chi connectivity index (χ1) is 10.5. The van der Waals surface area contributed by atoms with Gasteiger partial charge in [-0.15, -0.1) is 0 Å². The van der Waals surface area contributed by atoms with Gasteiger partial charge in [0, 0.05) is 11.3 Å². The van der Waals surface area contributed by atoms with Crippen molar-refractivity contribution in [2.24, 2.45) is 5.92 Å². The molecule has 1 amide bonds. The molecule has 1 radical (unpaired) electrons. The lowest BCUT2D eigenvalue weighted by atomic mass is 9.82. The first kappa shape index (κ1) is 16.5. The van der Waals surface area contributed by atoms with Gasteiger partial charge in [0.15, 0.2) is 5.78 Å². The van der Waals surface area contributed by atoms with Crippen LogP contribution in [-0.4, -0.2) is 17.0 Å². The third kappa shape index (κ3) is 3.67. The fourth-order valence-corrected chi connectivity index (χ4v) is 3.31. The maximum Gasteiger partial charge on any atom is 0.412 e. The largest absolute Gasteiger partial charge is 0.465 e. The minimum absolute atomic E-state index is 0.0135. The smallest absolute Gasteiger partial charge is 0.412 e. The summed E-state index contributed by atoms with van der Waals surface area (Å²) in [5.41, 5.74) is 1.23. The normalized spacial score (nSPS) is 15.8. The molecule has 1 aromatic carbocycles. The quantitative estimate of drug-likeness (QED) is 0.787. The molecule has 0 saturated heterocycles. The summed E-state index contributed by atoms with van der Waals surface area (Å²) in [6.07, 6.45) is 5.50. The molecule has 4 nitrogen and oxygen atoms in total. The maximum atomic E-state index is 11.8. The van der Waals surface area contributed by atoms with E-state index in [0.29, 0.717) is 17.2 Å². The van der Waals surface area contributed by atoms with Gasteiger partial charge in [0.1, 0.15) is 0 Å². The van der Waals surface area contributed by atoms with E-state index in [2.05, 4.69) is 0 Å². The summed E-state index contributed by atoms with van der Waals surface area (Å²) in [5.74, 6) is 0.336. The molecule has 22 heavy (non-hydrogen) atoms. The number of ketones is 1. The Morgan fingerprint density at radius 1 is 1.14 bits per heavy atom. The van der Waals surface area contributed by atoms with Crippen LogP contribution in [0.4, 0.5) is 10.5 Å². The lowest BCUT2D eigenvalue weighted by Crippen LogP contribution is -2.38. The molecule has 0 heterocycles. The molecule has 1 aromatic rings. The fraction of sp³-hybridized carbons (Fsp3) is 0.500. The number of Topliss-reactive ketones (excluding diaryl/α,β-unsaturated/α-hetero) is 1.